The Morgan fingerprint density at radius 1 is 1.56 bits per heavy atom. The van der Waals surface area contributed by atoms with Crippen LogP contribution in [0.15, 0.2) is 18.2 Å². The normalized spacial score (nSPS) is 20.4. The second-order valence-corrected chi connectivity index (χ2v) is 4.23. The molecular formula is C12H17FN2O. The molecule has 0 saturated carbocycles. The third kappa shape index (κ3) is 2.11. The van der Waals surface area contributed by atoms with Crippen molar-refractivity contribution in [2.75, 3.05) is 37.4 Å². The number of benzene rings is 1. The zero-order chi connectivity index (χ0) is 11.5. The van der Waals surface area contributed by atoms with E-state index < -0.39 is 0 Å². The highest BCUT2D eigenvalue weighted by atomic mass is 19.1. The van der Waals surface area contributed by atoms with Crippen LogP contribution in [0.25, 0.3) is 0 Å². The van der Waals surface area contributed by atoms with E-state index in [1.54, 1.807) is 13.2 Å². The number of nitrogen functional groups attached to an aromatic ring is 1. The van der Waals surface area contributed by atoms with Gasteiger partial charge in [-0.05, 0) is 18.6 Å². The topological polar surface area (TPSA) is 38.5 Å². The van der Waals surface area contributed by atoms with E-state index in [2.05, 4.69) is 4.90 Å². The molecule has 0 amide bonds. The number of anilines is 2. The Hall–Kier alpha value is -1.29. The van der Waals surface area contributed by atoms with E-state index in [-0.39, 0.29) is 11.5 Å². The van der Waals surface area contributed by atoms with Gasteiger partial charge >= 0.3 is 0 Å². The highest BCUT2D eigenvalue weighted by Gasteiger charge is 2.24. The third-order valence-corrected chi connectivity index (χ3v) is 3.06. The Balaban J connectivity index is 2.11. The molecule has 1 saturated heterocycles. The summed E-state index contributed by atoms with van der Waals surface area (Å²) in [6.45, 7) is 2.56. The Kier molecular flexibility index (Phi) is 3.29. The van der Waals surface area contributed by atoms with Crippen LogP contribution in [-0.2, 0) is 4.74 Å². The van der Waals surface area contributed by atoms with E-state index in [9.17, 15) is 4.39 Å². The lowest BCUT2D eigenvalue weighted by Crippen LogP contribution is -2.22. The number of rotatable bonds is 3. The number of para-hydroxylation sites is 1. The second-order valence-electron chi connectivity index (χ2n) is 4.23. The van der Waals surface area contributed by atoms with Crippen molar-refractivity contribution in [3.63, 3.8) is 0 Å². The van der Waals surface area contributed by atoms with Crippen molar-refractivity contribution in [1.29, 1.82) is 0 Å². The van der Waals surface area contributed by atoms with Crippen LogP contribution in [0.3, 0.4) is 0 Å². The van der Waals surface area contributed by atoms with Gasteiger partial charge in [0.15, 0.2) is 0 Å². The number of methoxy groups -OCH3 is 1. The molecule has 1 heterocycles. The fraction of sp³-hybridized carbons (Fsp3) is 0.500. The van der Waals surface area contributed by atoms with Gasteiger partial charge in [-0.3, -0.25) is 0 Å². The highest BCUT2D eigenvalue weighted by Crippen LogP contribution is 2.30. The van der Waals surface area contributed by atoms with E-state index in [1.807, 2.05) is 6.07 Å². The maximum absolute atomic E-state index is 13.3. The molecule has 0 aromatic heterocycles. The van der Waals surface area contributed by atoms with Crippen molar-refractivity contribution in [1.82, 2.24) is 0 Å². The van der Waals surface area contributed by atoms with Gasteiger partial charge in [0.2, 0.25) is 0 Å². The monoisotopic (exact) mass is 224 g/mol. The summed E-state index contributed by atoms with van der Waals surface area (Å²) in [6, 6.07) is 4.96. The molecule has 1 aromatic carbocycles. The van der Waals surface area contributed by atoms with Crippen LogP contribution in [0.1, 0.15) is 6.42 Å². The maximum atomic E-state index is 13.3. The molecule has 2 rings (SSSR count). The molecule has 0 aliphatic carbocycles. The van der Waals surface area contributed by atoms with E-state index >= 15 is 0 Å². The first-order valence-electron chi connectivity index (χ1n) is 5.50. The van der Waals surface area contributed by atoms with Gasteiger partial charge in [0.05, 0.1) is 18.0 Å². The zero-order valence-corrected chi connectivity index (χ0v) is 9.45. The first-order valence-corrected chi connectivity index (χ1v) is 5.50. The minimum Gasteiger partial charge on any atom is -0.395 e. The van der Waals surface area contributed by atoms with Crippen LogP contribution in [0.5, 0.6) is 0 Å². The van der Waals surface area contributed by atoms with Crippen molar-refractivity contribution < 1.29 is 9.13 Å². The lowest BCUT2D eigenvalue weighted by Gasteiger charge is -2.20. The number of nitrogens with zero attached hydrogens (tertiary/aromatic N) is 1. The first-order chi connectivity index (χ1) is 7.72. The Morgan fingerprint density at radius 2 is 2.38 bits per heavy atom. The molecule has 1 aliphatic rings. The number of ether oxygens (including phenoxy) is 1. The second kappa shape index (κ2) is 4.70. The lowest BCUT2D eigenvalue weighted by atomic mass is 10.1. The summed E-state index contributed by atoms with van der Waals surface area (Å²) in [5, 5.41) is 0. The van der Waals surface area contributed by atoms with Gasteiger partial charge in [-0.1, -0.05) is 6.07 Å². The molecule has 1 unspecified atom stereocenters. The van der Waals surface area contributed by atoms with Gasteiger partial charge in [-0.15, -0.1) is 0 Å². The van der Waals surface area contributed by atoms with Crippen molar-refractivity contribution >= 4 is 11.4 Å². The molecule has 16 heavy (non-hydrogen) atoms. The van der Waals surface area contributed by atoms with E-state index in [1.165, 1.54) is 6.07 Å². The van der Waals surface area contributed by atoms with Crippen LogP contribution < -0.4 is 10.6 Å². The summed E-state index contributed by atoms with van der Waals surface area (Å²) in [4.78, 5) is 2.13. The van der Waals surface area contributed by atoms with Crippen LogP contribution in [0.2, 0.25) is 0 Å². The Bertz CT molecular complexity index is 370. The molecule has 4 heteroatoms. The van der Waals surface area contributed by atoms with E-state index in [4.69, 9.17) is 10.5 Å². The minimum atomic E-state index is -0.340. The summed E-state index contributed by atoms with van der Waals surface area (Å²) in [6.07, 6.45) is 1.07. The quantitative estimate of drug-likeness (QED) is 0.797. The number of nitrogens with two attached hydrogens (primary N) is 1. The molecule has 1 atom stereocenters. The molecule has 0 radical (unpaired) electrons. The van der Waals surface area contributed by atoms with Gasteiger partial charge < -0.3 is 15.4 Å². The summed E-state index contributed by atoms with van der Waals surface area (Å²) in [7, 11) is 1.71. The van der Waals surface area contributed by atoms with E-state index in [0.717, 1.165) is 31.8 Å². The first kappa shape index (κ1) is 11.2. The summed E-state index contributed by atoms with van der Waals surface area (Å²) in [5.41, 5.74) is 6.79. The molecule has 1 aromatic rings. The molecule has 88 valence electrons. The molecule has 0 spiro atoms. The van der Waals surface area contributed by atoms with Crippen LogP contribution in [0, 0.1) is 11.7 Å². The van der Waals surface area contributed by atoms with Crippen LogP contribution in [-0.4, -0.2) is 26.8 Å². The Labute approximate surface area is 95.0 Å². The largest absolute Gasteiger partial charge is 0.395 e. The molecule has 0 bridgehead atoms. The maximum Gasteiger partial charge on any atom is 0.148 e. The fourth-order valence-electron chi connectivity index (χ4n) is 2.22. The van der Waals surface area contributed by atoms with E-state index in [0.29, 0.717) is 5.92 Å². The predicted octanol–water partition coefficient (Wildman–Crippen LogP) is 1.88. The van der Waals surface area contributed by atoms with Gasteiger partial charge in [0, 0.05) is 26.1 Å². The van der Waals surface area contributed by atoms with Crippen LogP contribution >= 0.6 is 0 Å². The van der Waals surface area contributed by atoms with Crippen molar-refractivity contribution in [2.45, 2.75) is 6.42 Å². The molecular weight excluding hydrogens is 207 g/mol. The average Bonchev–Trinajstić information content (AvgIpc) is 2.71. The fourth-order valence-corrected chi connectivity index (χ4v) is 2.22. The molecule has 1 aliphatic heterocycles. The van der Waals surface area contributed by atoms with Gasteiger partial charge in [0.25, 0.3) is 0 Å². The zero-order valence-electron chi connectivity index (χ0n) is 9.45. The molecule has 1 fully saturated rings. The number of hydrogen-bond acceptors (Lipinski definition) is 3. The SMILES string of the molecule is COCC1CCN(c2cccc(F)c2N)C1. The third-order valence-electron chi connectivity index (χ3n) is 3.06. The standard InChI is InChI=1S/C12H17FN2O/c1-16-8-9-5-6-15(7-9)11-4-2-3-10(13)12(11)14/h2-4,9H,5-8,14H2,1H3. The summed E-state index contributed by atoms with van der Waals surface area (Å²) < 4.78 is 18.4. The van der Waals surface area contributed by atoms with Gasteiger partial charge in [-0.25, -0.2) is 4.39 Å². The van der Waals surface area contributed by atoms with Crippen molar-refractivity contribution in [3.05, 3.63) is 24.0 Å². The molecule has 3 nitrogen and oxygen atoms in total. The van der Waals surface area contributed by atoms with Gasteiger partial charge in [0.1, 0.15) is 5.82 Å². The predicted molar refractivity (Wildman–Crippen MR) is 63.0 cm³/mol. The molecule has 2 N–H and O–H groups in total. The summed E-state index contributed by atoms with van der Waals surface area (Å²) in [5.74, 6) is 0.181. The highest BCUT2D eigenvalue weighted by molar-refractivity contribution is 5.68. The van der Waals surface area contributed by atoms with Crippen LogP contribution in [0.4, 0.5) is 15.8 Å². The minimum absolute atomic E-state index is 0.251. The average molecular weight is 224 g/mol. The lowest BCUT2D eigenvalue weighted by molar-refractivity contribution is 0.161. The number of hydrogen-bond donors (Lipinski definition) is 1. The van der Waals surface area contributed by atoms with Crippen molar-refractivity contribution in [3.8, 4) is 0 Å². The van der Waals surface area contributed by atoms with Gasteiger partial charge in [-0.2, -0.15) is 0 Å². The van der Waals surface area contributed by atoms with Crippen molar-refractivity contribution in [2.24, 2.45) is 5.92 Å². The Morgan fingerprint density at radius 3 is 3.12 bits per heavy atom. The smallest absolute Gasteiger partial charge is 0.148 e. The number of halogens is 1. The summed E-state index contributed by atoms with van der Waals surface area (Å²) >= 11 is 0.